The molecule has 1 aromatic carbocycles. The van der Waals surface area contributed by atoms with Crippen molar-refractivity contribution in [3.8, 4) is 0 Å². The zero-order valence-corrected chi connectivity index (χ0v) is 11.0. The molecule has 0 fully saturated rings. The Hall–Kier alpha value is -2.01. The largest absolute Gasteiger partial charge is 0.297 e. The number of carbonyl (C=O) groups is 1. The number of hydrogen-bond acceptors (Lipinski definition) is 4. The first-order valence-electron chi connectivity index (χ1n) is 5.47. The molecule has 92 valence electrons. The maximum Gasteiger partial charge on any atom is 0.250 e. The monoisotopic (exact) mass is 259 g/mol. The minimum absolute atomic E-state index is 0.202. The molecular formula is C13H13N3OS. The van der Waals surface area contributed by atoms with Gasteiger partial charge in [0.2, 0.25) is 11.0 Å². The molecule has 0 saturated carbocycles. The van der Waals surface area contributed by atoms with Crippen LogP contribution < -0.4 is 5.32 Å². The van der Waals surface area contributed by atoms with Gasteiger partial charge in [0.25, 0.3) is 0 Å². The fourth-order valence-corrected chi connectivity index (χ4v) is 2.00. The van der Waals surface area contributed by atoms with E-state index in [1.165, 1.54) is 23.0 Å². The maximum atomic E-state index is 11.6. The molecular weight excluding hydrogens is 246 g/mol. The van der Waals surface area contributed by atoms with E-state index in [4.69, 9.17) is 0 Å². The Balaban J connectivity index is 2.04. The van der Waals surface area contributed by atoms with Crippen LogP contribution in [-0.2, 0) is 4.79 Å². The summed E-state index contributed by atoms with van der Waals surface area (Å²) in [7, 11) is 0. The van der Waals surface area contributed by atoms with Gasteiger partial charge < -0.3 is 0 Å². The van der Waals surface area contributed by atoms with Crippen molar-refractivity contribution in [3.63, 3.8) is 0 Å². The fraction of sp³-hybridized carbons (Fsp3) is 0.154. The van der Waals surface area contributed by atoms with E-state index in [1.807, 2.05) is 26.0 Å². The van der Waals surface area contributed by atoms with E-state index in [0.717, 1.165) is 11.1 Å². The molecule has 0 atom stereocenters. The third-order valence-electron chi connectivity index (χ3n) is 2.43. The van der Waals surface area contributed by atoms with Gasteiger partial charge in [-0.05, 0) is 31.1 Å². The highest BCUT2D eigenvalue weighted by Crippen LogP contribution is 2.12. The van der Waals surface area contributed by atoms with Gasteiger partial charge in [0, 0.05) is 6.08 Å². The number of amides is 1. The normalized spacial score (nSPS) is 10.8. The average Bonchev–Trinajstić information content (AvgIpc) is 2.80. The molecule has 0 spiro atoms. The van der Waals surface area contributed by atoms with Gasteiger partial charge in [-0.15, -0.1) is 10.2 Å². The minimum Gasteiger partial charge on any atom is -0.297 e. The molecule has 0 unspecified atom stereocenters. The van der Waals surface area contributed by atoms with Gasteiger partial charge >= 0.3 is 0 Å². The predicted molar refractivity (Wildman–Crippen MR) is 73.5 cm³/mol. The van der Waals surface area contributed by atoms with E-state index < -0.39 is 0 Å². The summed E-state index contributed by atoms with van der Waals surface area (Å²) in [6.45, 7) is 4.07. The molecule has 1 heterocycles. The standard InChI is InChI=1S/C13H13N3OS/c1-9-3-4-11(10(2)7-9)5-6-12(17)15-13-16-14-8-18-13/h3-8H,1-2H3,(H,15,16,17)/b6-5+. The number of hydrogen-bond donors (Lipinski definition) is 1. The lowest BCUT2D eigenvalue weighted by atomic mass is 10.1. The molecule has 0 bridgehead atoms. The lowest BCUT2D eigenvalue weighted by Crippen LogP contribution is -2.07. The quantitative estimate of drug-likeness (QED) is 0.862. The van der Waals surface area contributed by atoms with Crippen LogP contribution in [0, 0.1) is 13.8 Å². The Morgan fingerprint density at radius 1 is 1.39 bits per heavy atom. The van der Waals surface area contributed by atoms with Crippen LogP contribution in [0.3, 0.4) is 0 Å². The van der Waals surface area contributed by atoms with Crippen molar-refractivity contribution in [2.75, 3.05) is 5.32 Å². The van der Waals surface area contributed by atoms with Crippen molar-refractivity contribution < 1.29 is 4.79 Å². The Labute approximate surface area is 109 Å². The van der Waals surface area contributed by atoms with E-state index in [-0.39, 0.29) is 5.91 Å². The van der Waals surface area contributed by atoms with Crippen molar-refractivity contribution >= 4 is 28.5 Å². The molecule has 2 aromatic rings. The Morgan fingerprint density at radius 3 is 2.89 bits per heavy atom. The molecule has 0 aliphatic carbocycles. The van der Waals surface area contributed by atoms with Crippen molar-refractivity contribution in [2.45, 2.75) is 13.8 Å². The van der Waals surface area contributed by atoms with Crippen LogP contribution in [0.1, 0.15) is 16.7 Å². The Kier molecular flexibility index (Phi) is 3.84. The molecule has 1 amide bonds. The summed E-state index contributed by atoms with van der Waals surface area (Å²) in [6, 6.07) is 6.11. The zero-order valence-electron chi connectivity index (χ0n) is 10.2. The Bertz CT molecular complexity index is 576. The first-order valence-corrected chi connectivity index (χ1v) is 6.35. The van der Waals surface area contributed by atoms with E-state index in [1.54, 1.807) is 11.6 Å². The van der Waals surface area contributed by atoms with E-state index in [2.05, 4.69) is 21.6 Å². The highest BCUT2D eigenvalue weighted by Gasteiger charge is 2.01. The molecule has 4 nitrogen and oxygen atoms in total. The Morgan fingerprint density at radius 2 is 2.22 bits per heavy atom. The molecule has 0 aliphatic rings. The van der Waals surface area contributed by atoms with Crippen molar-refractivity contribution in [2.24, 2.45) is 0 Å². The van der Waals surface area contributed by atoms with Crippen LogP contribution in [0.2, 0.25) is 0 Å². The van der Waals surface area contributed by atoms with E-state index in [9.17, 15) is 4.79 Å². The highest BCUT2D eigenvalue weighted by atomic mass is 32.1. The van der Waals surface area contributed by atoms with Gasteiger partial charge in [-0.25, -0.2) is 0 Å². The van der Waals surface area contributed by atoms with Crippen molar-refractivity contribution in [1.82, 2.24) is 10.2 Å². The lowest BCUT2D eigenvalue weighted by molar-refractivity contribution is -0.111. The van der Waals surface area contributed by atoms with Gasteiger partial charge in [-0.3, -0.25) is 10.1 Å². The number of anilines is 1. The number of aromatic nitrogens is 2. The van der Waals surface area contributed by atoms with Crippen molar-refractivity contribution in [1.29, 1.82) is 0 Å². The number of benzene rings is 1. The van der Waals surface area contributed by atoms with Gasteiger partial charge in [0.1, 0.15) is 5.51 Å². The second-order valence-corrected chi connectivity index (χ2v) is 4.76. The summed E-state index contributed by atoms with van der Waals surface area (Å²) in [4.78, 5) is 11.6. The minimum atomic E-state index is -0.202. The number of nitrogens with one attached hydrogen (secondary N) is 1. The summed E-state index contributed by atoms with van der Waals surface area (Å²) in [6.07, 6.45) is 3.30. The van der Waals surface area contributed by atoms with Crippen LogP contribution in [0.4, 0.5) is 5.13 Å². The third kappa shape index (κ3) is 3.24. The molecule has 0 saturated heterocycles. The average molecular weight is 259 g/mol. The first-order chi connectivity index (χ1) is 8.65. The van der Waals surface area contributed by atoms with E-state index in [0.29, 0.717) is 5.13 Å². The fourth-order valence-electron chi connectivity index (χ4n) is 1.55. The highest BCUT2D eigenvalue weighted by molar-refractivity contribution is 7.13. The van der Waals surface area contributed by atoms with Crippen LogP contribution in [0.15, 0.2) is 29.8 Å². The van der Waals surface area contributed by atoms with Crippen LogP contribution in [-0.4, -0.2) is 16.1 Å². The molecule has 5 heteroatoms. The SMILES string of the molecule is Cc1ccc(/C=C/C(=O)Nc2nncs2)c(C)c1. The maximum absolute atomic E-state index is 11.6. The van der Waals surface area contributed by atoms with Gasteiger partial charge in [0.05, 0.1) is 0 Å². The van der Waals surface area contributed by atoms with Gasteiger partial charge in [-0.2, -0.15) is 0 Å². The zero-order chi connectivity index (χ0) is 13.0. The lowest BCUT2D eigenvalue weighted by Gasteiger charge is -2.01. The molecule has 0 radical (unpaired) electrons. The second-order valence-electron chi connectivity index (χ2n) is 3.93. The first kappa shape index (κ1) is 12.4. The molecule has 1 N–H and O–H groups in total. The number of carbonyl (C=O) groups excluding carboxylic acids is 1. The molecule has 1 aromatic heterocycles. The number of nitrogens with zero attached hydrogens (tertiary/aromatic N) is 2. The molecule has 0 aliphatic heterocycles. The van der Waals surface area contributed by atoms with Crippen LogP contribution in [0.5, 0.6) is 0 Å². The second kappa shape index (κ2) is 5.55. The van der Waals surface area contributed by atoms with Gasteiger partial charge in [-0.1, -0.05) is 35.1 Å². The third-order valence-corrected chi connectivity index (χ3v) is 3.04. The number of aryl methyl sites for hydroxylation is 2. The summed E-state index contributed by atoms with van der Waals surface area (Å²) in [5.41, 5.74) is 4.97. The summed E-state index contributed by atoms with van der Waals surface area (Å²) in [5.74, 6) is -0.202. The molecule has 2 rings (SSSR count). The van der Waals surface area contributed by atoms with Gasteiger partial charge in [0.15, 0.2) is 0 Å². The number of rotatable bonds is 3. The predicted octanol–water partition coefficient (Wildman–Crippen LogP) is 2.81. The van der Waals surface area contributed by atoms with Crippen LogP contribution in [0.25, 0.3) is 6.08 Å². The summed E-state index contributed by atoms with van der Waals surface area (Å²) < 4.78 is 0. The molecule has 18 heavy (non-hydrogen) atoms. The summed E-state index contributed by atoms with van der Waals surface area (Å²) in [5, 5.41) is 10.5. The topological polar surface area (TPSA) is 54.9 Å². The van der Waals surface area contributed by atoms with Crippen LogP contribution >= 0.6 is 11.3 Å². The smallest absolute Gasteiger partial charge is 0.250 e. The summed E-state index contributed by atoms with van der Waals surface area (Å²) >= 11 is 1.29. The van der Waals surface area contributed by atoms with Crippen molar-refractivity contribution in [3.05, 3.63) is 46.5 Å². The van der Waals surface area contributed by atoms with E-state index >= 15 is 0 Å².